The average Bonchev–Trinajstić information content (AvgIpc) is 3.06. The van der Waals surface area contributed by atoms with Crippen molar-refractivity contribution in [3.63, 3.8) is 0 Å². The minimum absolute atomic E-state index is 0.0706. The predicted molar refractivity (Wildman–Crippen MR) is 95.4 cm³/mol. The number of fused-ring (bicyclic) bond motifs is 1. The fourth-order valence-electron chi connectivity index (χ4n) is 4.05. The van der Waals surface area contributed by atoms with Gasteiger partial charge in [-0.1, -0.05) is 12.8 Å². The van der Waals surface area contributed by atoms with Crippen LogP contribution in [0.25, 0.3) is 0 Å². The van der Waals surface area contributed by atoms with Gasteiger partial charge in [0, 0.05) is 12.3 Å². The third-order valence-electron chi connectivity index (χ3n) is 5.63. The van der Waals surface area contributed by atoms with E-state index in [1.54, 1.807) is 0 Å². The van der Waals surface area contributed by atoms with Crippen molar-refractivity contribution in [1.82, 2.24) is 9.55 Å². The Labute approximate surface area is 156 Å². The molecule has 0 spiro atoms. The zero-order valence-corrected chi connectivity index (χ0v) is 16.0. The number of hydrogen-bond donors (Lipinski definition) is 1. The van der Waals surface area contributed by atoms with Crippen LogP contribution in [0.4, 0.5) is 0 Å². The second-order valence-corrected chi connectivity index (χ2v) is 9.12. The number of phosphoric acid groups is 1. The molecule has 3 aliphatic rings. The first-order chi connectivity index (χ1) is 13.0. The molecule has 9 nitrogen and oxygen atoms in total. The summed E-state index contributed by atoms with van der Waals surface area (Å²) in [5.41, 5.74) is -0.963. The van der Waals surface area contributed by atoms with Crippen LogP contribution in [0, 0.1) is 11.8 Å². The largest absolute Gasteiger partial charge is 0.474 e. The third-order valence-corrected chi connectivity index (χ3v) is 7.02. The van der Waals surface area contributed by atoms with Crippen molar-refractivity contribution >= 4 is 7.82 Å². The molecule has 2 aliphatic heterocycles. The van der Waals surface area contributed by atoms with E-state index in [-0.39, 0.29) is 12.7 Å². The van der Waals surface area contributed by atoms with Crippen LogP contribution in [0.15, 0.2) is 21.9 Å². The number of nitrogens with zero attached hydrogens (tertiary/aromatic N) is 1. The molecular weight excluding hydrogens is 375 g/mol. The van der Waals surface area contributed by atoms with Crippen LogP contribution in [0.1, 0.15) is 44.8 Å². The number of H-pyrrole nitrogens is 1. The fourth-order valence-corrected chi connectivity index (χ4v) is 5.37. The van der Waals surface area contributed by atoms with E-state index in [1.807, 2.05) is 0 Å². The molecule has 150 valence electrons. The maximum absolute atomic E-state index is 12.8. The topological polar surface area (TPSA) is 109 Å². The monoisotopic (exact) mass is 400 g/mol. The van der Waals surface area contributed by atoms with Gasteiger partial charge < -0.3 is 4.74 Å². The van der Waals surface area contributed by atoms with E-state index in [4.69, 9.17) is 18.3 Å². The lowest BCUT2D eigenvalue weighted by atomic mass is 9.80. The van der Waals surface area contributed by atoms with Crippen molar-refractivity contribution in [3.8, 4) is 0 Å². The Kier molecular flexibility index (Phi) is 5.66. The molecule has 0 radical (unpaired) electrons. The summed E-state index contributed by atoms with van der Waals surface area (Å²) in [7, 11) is -3.59. The summed E-state index contributed by atoms with van der Waals surface area (Å²) in [6.07, 6.45) is 6.35. The molecule has 4 unspecified atom stereocenters. The Bertz CT molecular complexity index is 802. The quantitative estimate of drug-likeness (QED) is 0.772. The molecular formula is C17H25N2O7P. The zero-order valence-electron chi connectivity index (χ0n) is 15.1. The molecule has 1 saturated carbocycles. The Hall–Kier alpha value is -1.25. The Morgan fingerprint density at radius 2 is 1.81 bits per heavy atom. The van der Waals surface area contributed by atoms with E-state index in [9.17, 15) is 14.2 Å². The number of aromatic amines is 1. The zero-order chi connectivity index (χ0) is 18.9. The van der Waals surface area contributed by atoms with Crippen molar-refractivity contribution in [2.45, 2.75) is 50.9 Å². The van der Waals surface area contributed by atoms with Gasteiger partial charge in [-0.2, -0.15) is 0 Å². The van der Waals surface area contributed by atoms with Crippen molar-refractivity contribution in [3.05, 3.63) is 33.1 Å². The van der Waals surface area contributed by atoms with Gasteiger partial charge in [0.1, 0.15) is 6.23 Å². The highest BCUT2D eigenvalue weighted by molar-refractivity contribution is 7.48. The van der Waals surface area contributed by atoms with Crippen LogP contribution in [-0.2, 0) is 22.9 Å². The summed E-state index contributed by atoms with van der Waals surface area (Å²) in [5, 5.41) is 0. The van der Waals surface area contributed by atoms with Gasteiger partial charge in [-0.15, -0.1) is 0 Å². The van der Waals surface area contributed by atoms with Gasteiger partial charge in [0.25, 0.3) is 5.56 Å². The molecule has 3 fully saturated rings. The normalized spacial score (nSPS) is 36.9. The summed E-state index contributed by atoms with van der Waals surface area (Å²) in [5.74, 6) is 0.773. The molecule has 0 amide bonds. The highest BCUT2D eigenvalue weighted by Crippen LogP contribution is 2.54. The average molecular weight is 400 g/mol. The molecule has 2 saturated heterocycles. The second-order valence-electron chi connectivity index (χ2n) is 7.45. The van der Waals surface area contributed by atoms with E-state index >= 15 is 0 Å². The van der Waals surface area contributed by atoms with Crippen molar-refractivity contribution < 1.29 is 22.9 Å². The fraction of sp³-hybridized carbons (Fsp3) is 0.765. The van der Waals surface area contributed by atoms with E-state index in [2.05, 4.69) is 4.98 Å². The van der Waals surface area contributed by atoms with Gasteiger partial charge in [0.2, 0.25) is 0 Å². The van der Waals surface area contributed by atoms with Gasteiger partial charge in [-0.25, -0.2) is 9.36 Å². The van der Waals surface area contributed by atoms with Gasteiger partial charge >= 0.3 is 13.5 Å². The maximum atomic E-state index is 12.8. The Morgan fingerprint density at radius 1 is 1.11 bits per heavy atom. The molecule has 1 aliphatic carbocycles. The van der Waals surface area contributed by atoms with Gasteiger partial charge in [-0.05, 0) is 37.5 Å². The van der Waals surface area contributed by atoms with E-state index < -0.39 is 25.3 Å². The van der Waals surface area contributed by atoms with Crippen molar-refractivity contribution in [2.24, 2.45) is 11.8 Å². The standard InChI is InChI=1S/C17H25N2O7P/c20-15-7-8-19(17(21)18-15)16-6-5-14(26-16)11-25-27(22)23-9-12-3-1-2-4-13(12)10-24-27/h7-8,12-14,16H,1-6,9-11H2,(H,18,20,21)/t12-,13?,14?,16?,27?/m0/s1. The number of phosphoric ester groups is 1. The lowest BCUT2D eigenvalue weighted by molar-refractivity contribution is -0.0272. The molecule has 1 N–H and O–H groups in total. The van der Waals surface area contributed by atoms with Crippen LogP contribution in [0.3, 0.4) is 0 Å². The summed E-state index contributed by atoms with van der Waals surface area (Å²) < 4.78 is 36.5. The summed E-state index contributed by atoms with van der Waals surface area (Å²) in [6.45, 7) is 0.882. The molecule has 3 heterocycles. The number of ether oxygens (including phenoxy) is 1. The third kappa shape index (κ3) is 4.43. The Morgan fingerprint density at radius 3 is 2.48 bits per heavy atom. The Balaban J connectivity index is 1.32. The molecule has 0 aromatic carbocycles. The summed E-state index contributed by atoms with van der Waals surface area (Å²) in [4.78, 5) is 25.2. The molecule has 1 aromatic heterocycles. The van der Waals surface area contributed by atoms with Gasteiger partial charge in [0.05, 0.1) is 25.9 Å². The number of rotatable bonds is 4. The van der Waals surface area contributed by atoms with Gasteiger partial charge in [0.15, 0.2) is 0 Å². The lowest BCUT2D eigenvalue weighted by Gasteiger charge is -2.27. The van der Waals surface area contributed by atoms with Crippen LogP contribution >= 0.6 is 7.82 Å². The first-order valence-corrected chi connectivity index (χ1v) is 11.0. The van der Waals surface area contributed by atoms with Gasteiger partial charge in [-0.3, -0.25) is 27.9 Å². The number of hydrogen-bond acceptors (Lipinski definition) is 7. The van der Waals surface area contributed by atoms with Crippen LogP contribution in [0.5, 0.6) is 0 Å². The maximum Gasteiger partial charge on any atom is 0.474 e. The smallest absolute Gasteiger partial charge is 0.352 e. The minimum Gasteiger partial charge on any atom is -0.352 e. The first-order valence-electron chi connectivity index (χ1n) is 9.53. The molecule has 4 rings (SSSR count). The van der Waals surface area contributed by atoms with Crippen LogP contribution in [0.2, 0.25) is 0 Å². The number of nitrogens with one attached hydrogen (secondary N) is 1. The minimum atomic E-state index is -3.59. The van der Waals surface area contributed by atoms with E-state index in [1.165, 1.54) is 29.7 Å². The first kappa shape index (κ1) is 19.1. The van der Waals surface area contributed by atoms with Crippen LogP contribution in [-0.4, -0.2) is 35.5 Å². The summed E-state index contributed by atoms with van der Waals surface area (Å²) >= 11 is 0. The lowest BCUT2D eigenvalue weighted by Crippen LogP contribution is -2.31. The molecule has 10 heteroatoms. The number of aromatic nitrogens is 2. The molecule has 27 heavy (non-hydrogen) atoms. The molecule has 0 bridgehead atoms. The van der Waals surface area contributed by atoms with E-state index in [0.717, 1.165) is 12.8 Å². The predicted octanol–water partition coefficient (Wildman–Crippen LogP) is 2.19. The summed E-state index contributed by atoms with van der Waals surface area (Å²) in [6, 6.07) is 1.28. The second kappa shape index (κ2) is 8.01. The SMILES string of the molecule is O=c1ccn(C2CCC(COP3(=O)OCC4CCCC[C@H]4CO3)O2)c(=O)[nH]1. The molecule has 5 atom stereocenters. The van der Waals surface area contributed by atoms with E-state index in [0.29, 0.717) is 37.9 Å². The van der Waals surface area contributed by atoms with Crippen molar-refractivity contribution in [1.29, 1.82) is 0 Å². The van der Waals surface area contributed by atoms with Crippen molar-refractivity contribution in [2.75, 3.05) is 19.8 Å². The highest BCUT2D eigenvalue weighted by atomic mass is 31.2. The highest BCUT2D eigenvalue weighted by Gasteiger charge is 2.38. The van der Waals surface area contributed by atoms with Crippen LogP contribution < -0.4 is 11.2 Å². The molecule has 1 aromatic rings.